The lowest BCUT2D eigenvalue weighted by Crippen LogP contribution is -2.32. The van der Waals surface area contributed by atoms with Crippen LogP contribution in [0, 0.1) is 0 Å². The minimum absolute atomic E-state index is 0.533. The van der Waals surface area contributed by atoms with Gasteiger partial charge in [-0.1, -0.05) is 115 Å². The molecule has 0 N–H and O–H groups in total. The Kier molecular flexibility index (Phi) is 4.85. The summed E-state index contributed by atoms with van der Waals surface area (Å²) in [5, 5.41) is 2.52. The fraction of sp³-hybridized carbons (Fsp3) is 0.0250. The van der Waals surface area contributed by atoms with Crippen molar-refractivity contribution in [3.05, 3.63) is 174 Å². The Bertz CT molecular complexity index is 2180. The first-order chi connectivity index (χ1) is 20.8. The maximum atomic E-state index is 6.60. The Morgan fingerprint density at radius 3 is 2.17 bits per heavy atom. The third-order valence-electron chi connectivity index (χ3n) is 9.03. The maximum Gasteiger partial charge on any atom is 0.150 e. The molecule has 1 atom stereocenters. The van der Waals surface area contributed by atoms with Crippen molar-refractivity contribution in [3.63, 3.8) is 0 Å². The lowest BCUT2D eigenvalue weighted by molar-refractivity contribution is 0.434. The fourth-order valence-corrected chi connectivity index (χ4v) is 7.26. The SMILES string of the molecule is c1ccc(-c2cccc(-c3ccc4c(c3)C3(c5ccncc5O4)c4ccccc4-c4c3ccc3ccccc43)c2)cc1. The topological polar surface area (TPSA) is 22.1 Å². The van der Waals surface area contributed by atoms with Crippen molar-refractivity contribution in [3.8, 4) is 44.9 Å². The minimum Gasteiger partial charge on any atom is -0.455 e. The summed E-state index contributed by atoms with van der Waals surface area (Å²) in [4.78, 5) is 4.47. The zero-order valence-electron chi connectivity index (χ0n) is 22.8. The number of ether oxygens (including phenoxy) is 1. The van der Waals surface area contributed by atoms with Crippen LogP contribution in [0.15, 0.2) is 152 Å². The lowest BCUT2D eigenvalue weighted by Gasteiger charge is -2.39. The molecule has 2 heterocycles. The van der Waals surface area contributed by atoms with E-state index in [1.165, 1.54) is 55.3 Å². The number of pyridine rings is 1. The van der Waals surface area contributed by atoms with Gasteiger partial charge in [0.2, 0.25) is 0 Å². The van der Waals surface area contributed by atoms with E-state index < -0.39 is 5.41 Å². The molecule has 7 aromatic rings. The van der Waals surface area contributed by atoms with Crippen LogP contribution in [0.2, 0.25) is 0 Å². The molecule has 42 heavy (non-hydrogen) atoms. The van der Waals surface area contributed by atoms with Gasteiger partial charge in [0.25, 0.3) is 0 Å². The molecule has 0 saturated carbocycles. The Hall–Kier alpha value is -5.47. The van der Waals surface area contributed by atoms with Gasteiger partial charge in [0.05, 0.1) is 11.6 Å². The third kappa shape index (κ3) is 3.12. The summed E-state index contributed by atoms with van der Waals surface area (Å²) in [6.45, 7) is 0. The van der Waals surface area contributed by atoms with Gasteiger partial charge in [-0.05, 0) is 79.5 Å². The van der Waals surface area contributed by atoms with E-state index in [0.717, 1.165) is 22.6 Å². The molecule has 196 valence electrons. The van der Waals surface area contributed by atoms with Crippen molar-refractivity contribution in [2.24, 2.45) is 0 Å². The van der Waals surface area contributed by atoms with E-state index in [-0.39, 0.29) is 0 Å². The second-order valence-corrected chi connectivity index (χ2v) is 11.1. The monoisotopic (exact) mass is 535 g/mol. The smallest absolute Gasteiger partial charge is 0.150 e. The van der Waals surface area contributed by atoms with Gasteiger partial charge >= 0.3 is 0 Å². The zero-order chi connectivity index (χ0) is 27.7. The number of aromatic nitrogens is 1. The van der Waals surface area contributed by atoms with Gasteiger partial charge in [-0.3, -0.25) is 4.98 Å². The number of nitrogens with zero attached hydrogens (tertiary/aromatic N) is 1. The summed E-state index contributed by atoms with van der Waals surface area (Å²) >= 11 is 0. The molecule has 9 rings (SSSR count). The maximum absolute atomic E-state index is 6.60. The predicted molar refractivity (Wildman–Crippen MR) is 170 cm³/mol. The molecule has 1 unspecified atom stereocenters. The molecule has 2 nitrogen and oxygen atoms in total. The first-order valence-electron chi connectivity index (χ1n) is 14.4. The average molecular weight is 536 g/mol. The highest BCUT2D eigenvalue weighted by atomic mass is 16.5. The predicted octanol–water partition coefficient (Wildman–Crippen LogP) is 10.0. The summed E-state index contributed by atoms with van der Waals surface area (Å²) in [6, 6.07) is 50.4. The van der Waals surface area contributed by atoms with Crippen molar-refractivity contribution in [1.82, 2.24) is 4.98 Å². The molecule has 2 aliphatic rings. The van der Waals surface area contributed by atoms with E-state index in [2.05, 4.69) is 145 Å². The zero-order valence-corrected chi connectivity index (χ0v) is 22.8. The van der Waals surface area contributed by atoms with Crippen molar-refractivity contribution < 1.29 is 4.74 Å². The molecule has 1 spiro atoms. The van der Waals surface area contributed by atoms with E-state index in [4.69, 9.17) is 4.74 Å². The molecule has 0 amide bonds. The van der Waals surface area contributed by atoms with Crippen molar-refractivity contribution in [2.75, 3.05) is 0 Å². The molecule has 6 aromatic carbocycles. The Morgan fingerprint density at radius 1 is 0.476 bits per heavy atom. The molecule has 0 saturated heterocycles. The first kappa shape index (κ1) is 23.3. The first-order valence-corrected chi connectivity index (χ1v) is 14.4. The average Bonchev–Trinajstić information content (AvgIpc) is 3.36. The summed E-state index contributed by atoms with van der Waals surface area (Å²) in [5.74, 6) is 1.67. The molecule has 0 bridgehead atoms. The van der Waals surface area contributed by atoms with Gasteiger partial charge in [0.1, 0.15) is 5.75 Å². The second kappa shape index (κ2) is 8.76. The van der Waals surface area contributed by atoms with Crippen LogP contribution in [0.4, 0.5) is 0 Å². The molecule has 0 radical (unpaired) electrons. The van der Waals surface area contributed by atoms with Crippen LogP contribution in [0.5, 0.6) is 11.5 Å². The van der Waals surface area contributed by atoms with E-state index in [1.807, 2.05) is 12.4 Å². The standard InChI is InChI=1S/C40H25NO/c1-2-9-26(10-3-1)28-12-8-13-29(23-28)30-18-20-37-36(24-30)40(34-21-22-41-25-38(34)42-37)33-16-7-6-15-32(33)39-31-14-5-4-11-27(31)17-19-35(39)40/h1-25H. The minimum atomic E-state index is -0.533. The van der Waals surface area contributed by atoms with E-state index in [9.17, 15) is 0 Å². The van der Waals surface area contributed by atoms with Crippen LogP contribution in [0.25, 0.3) is 44.2 Å². The van der Waals surface area contributed by atoms with Crippen molar-refractivity contribution in [1.29, 1.82) is 0 Å². The molecule has 0 fully saturated rings. The number of fused-ring (bicyclic) bond motifs is 11. The number of benzene rings is 6. The molecule has 1 aliphatic heterocycles. The molecule has 1 aliphatic carbocycles. The summed E-state index contributed by atoms with van der Waals surface area (Å²) in [7, 11) is 0. The van der Waals surface area contributed by atoms with Gasteiger partial charge in [-0.15, -0.1) is 0 Å². The number of hydrogen-bond acceptors (Lipinski definition) is 2. The summed E-state index contributed by atoms with van der Waals surface area (Å²) in [5.41, 5.74) is 11.7. The van der Waals surface area contributed by atoms with E-state index in [1.54, 1.807) is 0 Å². The number of rotatable bonds is 2. The van der Waals surface area contributed by atoms with Crippen LogP contribution < -0.4 is 4.74 Å². The van der Waals surface area contributed by atoms with Crippen LogP contribution in [-0.2, 0) is 5.41 Å². The van der Waals surface area contributed by atoms with E-state index >= 15 is 0 Å². The van der Waals surface area contributed by atoms with Gasteiger partial charge in [-0.25, -0.2) is 0 Å². The van der Waals surface area contributed by atoms with Crippen LogP contribution in [0.3, 0.4) is 0 Å². The third-order valence-corrected chi connectivity index (χ3v) is 9.03. The largest absolute Gasteiger partial charge is 0.455 e. The van der Waals surface area contributed by atoms with Gasteiger partial charge in [0.15, 0.2) is 5.75 Å². The van der Waals surface area contributed by atoms with E-state index in [0.29, 0.717) is 0 Å². The highest BCUT2D eigenvalue weighted by Gasteiger charge is 2.51. The molecule has 1 aromatic heterocycles. The Morgan fingerprint density at radius 2 is 1.24 bits per heavy atom. The Balaban J connectivity index is 1.36. The molecular weight excluding hydrogens is 510 g/mol. The van der Waals surface area contributed by atoms with Crippen molar-refractivity contribution >= 4 is 10.8 Å². The van der Waals surface area contributed by atoms with Gasteiger partial charge < -0.3 is 4.74 Å². The highest BCUT2D eigenvalue weighted by molar-refractivity contribution is 6.04. The summed E-state index contributed by atoms with van der Waals surface area (Å²) in [6.07, 6.45) is 3.75. The highest BCUT2D eigenvalue weighted by Crippen LogP contribution is 2.63. The van der Waals surface area contributed by atoms with Crippen LogP contribution in [-0.4, -0.2) is 4.98 Å². The summed E-state index contributed by atoms with van der Waals surface area (Å²) < 4.78 is 6.60. The normalized spacial score (nSPS) is 15.9. The second-order valence-electron chi connectivity index (χ2n) is 11.1. The Labute approximate surface area is 244 Å². The lowest BCUT2D eigenvalue weighted by atomic mass is 9.66. The van der Waals surface area contributed by atoms with Crippen LogP contribution in [0.1, 0.15) is 22.3 Å². The van der Waals surface area contributed by atoms with Gasteiger partial charge in [-0.2, -0.15) is 0 Å². The number of hydrogen-bond donors (Lipinski definition) is 0. The molecular formula is C40H25NO. The van der Waals surface area contributed by atoms with Crippen molar-refractivity contribution in [2.45, 2.75) is 5.41 Å². The van der Waals surface area contributed by atoms with Crippen LogP contribution >= 0.6 is 0 Å². The fourth-order valence-electron chi connectivity index (χ4n) is 7.26. The quantitative estimate of drug-likeness (QED) is 0.220. The molecule has 2 heteroatoms. The van der Waals surface area contributed by atoms with Gasteiger partial charge in [0, 0.05) is 17.3 Å².